The molecule has 2 aliphatic heterocycles. The molecule has 0 aromatic rings. The van der Waals surface area contributed by atoms with E-state index >= 15 is 0 Å². The first-order chi connectivity index (χ1) is 7.84. The van der Waals surface area contributed by atoms with Crippen LogP contribution < -0.4 is 5.32 Å². The summed E-state index contributed by atoms with van der Waals surface area (Å²) < 4.78 is 5.47. The minimum absolute atomic E-state index is 0.607. The highest BCUT2D eigenvalue weighted by Gasteiger charge is 2.17. The molecule has 3 heteroatoms. The Kier molecular flexibility index (Phi) is 5.07. The lowest BCUT2D eigenvalue weighted by atomic mass is 10.0. The van der Waals surface area contributed by atoms with Crippen LogP contribution in [0.25, 0.3) is 0 Å². The smallest absolute Gasteiger partial charge is 0.0619 e. The van der Waals surface area contributed by atoms with Gasteiger partial charge in [0.1, 0.15) is 0 Å². The molecule has 0 bridgehead atoms. The second-order valence-corrected chi connectivity index (χ2v) is 5.42. The van der Waals surface area contributed by atoms with Crippen LogP contribution >= 0.6 is 0 Å². The van der Waals surface area contributed by atoms with E-state index in [2.05, 4.69) is 17.1 Å². The van der Waals surface area contributed by atoms with Crippen molar-refractivity contribution in [2.24, 2.45) is 5.92 Å². The molecule has 2 unspecified atom stereocenters. The van der Waals surface area contributed by atoms with Crippen molar-refractivity contribution in [1.82, 2.24) is 10.2 Å². The summed E-state index contributed by atoms with van der Waals surface area (Å²) in [7, 11) is 0. The number of piperidine rings is 1. The minimum atomic E-state index is 0.607. The maximum Gasteiger partial charge on any atom is 0.0619 e. The molecule has 2 aliphatic rings. The Balaban J connectivity index is 1.56. The third-order valence-corrected chi connectivity index (χ3v) is 3.76. The van der Waals surface area contributed by atoms with E-state index in [-0.39, 0.29) is 0 Å². The number of nitrogens with zero attached hydrogens (tertiary/aromatic N) is 1. The van der Waals surface area contributed by atoms with Crippen molar-refractivity contribution in [2.75, 3.05) is 39.4 Å². The Bertz CT molecular complexity index is 192. The van der Waals surface area contributed by atoms with Crippen molar-refractivity contribution in [3.05, 3.63) is 0 Å². The fourth-order valence-corrected chi connectivity index (χ4v) is 2.82. The maximum atomic E-state index is 5.47. The normalized spacial score (nSPS) is 32.8. The molecule has 2 saturated heterocycles. The summed E-state index contributed by atoms with van der Waals surface area (Å²) in [4.78, 5) is 2.60. The molecule has 2 fully saturated rings. The van der Waals surface area contributed by atoms with Gasteiger partial charge in [-0.2, -0.15) is 0 Å². The Hall–Kier alpha value is -0.120. The zero-order chi connectivity index (χ0) is 11.2. The van der Waals surface area contributed by atoms with Crippen LogP contribution in [0.5, 0.6) is 0 Å². The molecule has 0 aliphatic carbocycles. The van der Waals surface area contributed by atoms with E-state index in [0.29, 0.717) is 6.04 Å². The average molecular weight is 226 g/mol. The molecule has 0 radical (unpaired) electrons. The molecule has 2 rings (SSSR count). The van der Waals surface area contributed by atoms with Crippen LogP contribution in [0, 0.1) is 5.92 Å². The predicted octanol–water partition coefficient (Wildman–Crippen LogP) is 1.49. The second-order valence-electron chi connectivity index (χ2n) is 5.42. The van der Waals surface area contributed by atoms with Gasteiger partial charge in [0.05, 0.1) is 6.61 Å². The molecule has 0 aromatic heterocycles. The van der Waals surface area contributed by atoms with E-state index in [1.807, 2.05) is 0 Å². The molecular weight excluding hydrogens is 200 g/mol. The quantitative estimate of drug-likeness (QED) is 0.786. The lowest BCUT2D eigenvalue weighted by Crippen LogP contribution is -2.43. The summed E-state index contributed by atoms with van der Waals surface area (Å²) in [5.74, 6) is 0.895. The van der Waals surface area contributed by atoms with Crippen molar-refractivity contribution < 1.29 is 4.74 Å². The highest BCUT2D eigenvalue weighted by Crippen LogP contribution is 2.14. The fraction of sp³-hybridized carbons (Fsp3) is 1.00. The van der Waals surface area contributed by atoms with E-state index in [9.17, 15) is 0 Å². The van der Waals surface area contributed by atoms with E-state index in [1.54, 1.807) is 0 Å². The van der Waals surface area contributed by atoms with Gasteiger partial charge in [-0.25, -0.2) is 0 Å². The Labute approximate surface area is 99.5 Å². The van der Waals surface area contributed by atoms with E-state index in [4.69, 9.17) is 4.74 Å². The molecule has 0 aromatic carbocycles. The molecular formula is C13H26N2O. The highest BCUT2D eigenvalue weighted by atomic mass is 16.5. The lowest BCUT2D eigenvalue weighted by molar-refractivity contribution is 0.0687. The van der Waals surface area contributed by atoms with E-state index in [0.717, 1.165) is 25.7 Å². The maximum absolute atomic E-state index is 5.47. The number of hydrogen-bond donors (Lipinski definition) is 1. The van der Waals surface area contributed by atoms with Gasteiger partial charge in [-0.3, -0.25) is 0 Å². The number of nitrogens with one attached hydrogen (secondary N) is 1. The largest absolute Gasteiger partial charge is 0.380 e. The van der Waals surface area contributed by atoms with Gasteiger partial charge < -0.3 is 15.0 Å². The molecule has 0 spiro atoms. The number of hydrogen-bond acceptors (Lipinski definition) is 3. The first kappa shape index (κ1) is 12.3. The van der Waals surface area contributed by atoms with E-state index < -0.39 is 0 Å². The Morgan fingerprint density at radius 1 is 1.31 bits per heavy atom. The van der Waals surface area contributed by atoms with Gasteiger partial charge in [-0.1, -0.05) is 6.92 Å². The van der Waals surface area contributed by atoms with Crippen molar-refractivity contribution in [3.63, 3.8) is 0 Å². The van der Waals surface area contributed by atoms with Crippen LogP contribution in [0.15, 0.2) is 0 Å². The van der Waals surface area contributed by atoms with Crippen LogP contribution in [0.3, 0.4) is 0 Å². The van der Waals surface area contributed by atoms with Gasteiger partial charge in [0.15, 0.2) is 0 Å². The molecule has 2 heterocycles. The van der Waals surface area contributed by atoms with Crippen molar-refractivity contribution >= 4 is 0 Å². The first-order valence-corrected chi connectivity index (χ1v) is 6.88. The summed E-state index contributed by atoms with van der Waals surface area (Å²) in [6.45, 7) is 9.17. The molecule has 3 nitrogen and oxygen atoms in total. The highest BCUT2D eigenvalue weighted by molar-refractivity contribution is 4.73. The SMILES string of the molecule is CC1CCCN(CCNC2CCCOC2)C1. The van der Waals surface area contributed by atoms with Crippen molar-refractivity contribution in [3.8, 4) is 0 Å². The van der Waals surface area contributed by atoms with Gasteiger partial charge >= 0.3 is 0 Å². The molecule has 16 heavy (non-hydrogen) atoms. The number of rotatable bonds is 4. The molecule has 2 atom stereocenters. The third-order valence-electron chi connectivity index (χ3n) is 3.76. The van der Waals surface area contributed by atoms with Gasteiger partial charge in [-0.15, -0.1) is 0 Å². The van der Waals surface area contributed by atoms with Crippen molar-refractivity contribution in [2.45, 2.75) is 38.6 Å². The number of ether oxygens (including phenoxy) is 1. The minimum Gasteiger partial charge on any atom is -0.380 e. The summed E-state index contributed by atoms with van der Waals surface area (Å²) >= 11 is 0. The summed E-state index contributed by atoms with van der Waals surface area (Å²) in [5.41, 5.74) is 0. The van der Waals surface area contributed by atoms with Gasteiger partial charge in [0, 0.05) is 32.3 Å². The van der Waals surface area contributed by atoms with Crippen molar-refractivity contribution in [1.29, 1.82) is 0 Å². The van der Waals surface area contributed by atoms with Crippen LogP contribution in [0.2, 0.25) is 0 Å². The summed E-state index contributed by atoms with van der Waals surface area (Å²) in [6, 6.07) is 0.607. The van der Waals surface area contributed by atoms with Crippen LogP contribution in [0.1, 0.15) is 32.6 Å². The standard InChI is InChI=1S/C13H26N2O/c1-12-4-2-7-15(10-12)8-6-14-13-5-3-9-16-11-13/h12-14H,2-11H2,1H3. The van der Waals surface area contributed by atoms with Gasteiger partial charge in [0.25, 0.3) is 0 Å². The topological polar surface area (TPSA) is 24.5 Å². The zero-order valence-electron chi connectivity index (χ0n) is 10.6. The fourth-order valence-electron chi connectivity index (χ4n) is 2.82. The molecule has 1 N–H and O–H groups in total. The van der Waals surface area contributed by atoms with Crippen LogP contribution in [-0.4, -0.2) is 50.3 Å². The van der Waals surface area contributed by atoms with E-state index in [1.165, 1.54) is 45.3 Å². The van der Waals surface area contributed by atoms with Gasteiger partial charge in [-0.05, 0) is 38.1 Å². The molecule has 0 saturated carbocycles. The zero-order valence-corrected chi connectivity index (χ0v) is 10.6. The third kappa shape index (κ3) is 4.04. The molecule has 0 amide bonds. The average Bonchev–Trinajstić information content (AvgIpc) is 2.30. The van der Waals surface area contributed by atoms with Gasteiger partial charge in [0.2, 0.25) is 0 Å². The second kappa shape index (κ2) is 6.58. The predicted molar refractivity (Wildman–Crippen MR) is 66.7 cm³/mol. The van der Waals surface area contributed by atoms with Crippen LogP contribution in [0.4, 0.5) is 0 Å². The monoisotopic (exact) mass is 226 g/mol. The Morgan fingerprint density at radius 3 is 3.00 bits per heavy atom. The molecule has 94 valence electrons. The lowest BCUT2D eigenvalue weighted by Gasteiger charge is -2.31. The first-order valence-electron chi connectivity index (χ1n) is 6.88. The number of likely N-dealkylation sites (tertiary alicyclic amines) is 1. The van der Waals surface area contributed by atoms with Crippen LogP contribution in [-0.2, 0) is 4.74 Å². The summed E-state index contributed by atoms with van der Waals surface area (Å²) in [6.07, 6.45) is 5.31. The Morgan fingerprint density at radius 2 is 2.25 bits per heavy atom. The summed E-state index contributed by atoms with van der Waals surface area (Å²) in [5, 5.41) is 3.62.